The third-order valence-electron chi connectivity index (χ3n) is 3.13. The molecule has 106 valence electrons. The molecule has 0 saturated carbocycles. The molecule has 1 amide bonds. The van der Waals surface area contributed by atoms with Crippen LogP contribution in [0.5, 0.6) is 0 Å². The van der Waals surface area contributed by atoms with Crippen molar-refractivity contribution in [3.63, 3.8) is 0 Å². The molecule has 0 unspecified atom stereocenters. The van der Waals surface area contributed by atoms with Crippen LogP contribution in [0.2, 0.25) is 0 Å². The Morgan fingerprint density at radius 1 is 1.40 bits per heavy atom. The van der Waals surface area contributed by atoms with Crippen molar-refractivity contribution >= 4 is 34.1 Å². The first-order valence-corrected chi connectivity index (χ1v) is 7.51. The molecule has 4 nitrogen and oxygen atoms in total. The molecule has 1 aliphatic rings. The Morgan fingerprint density at radius 3 is 2.75 bits per heavy atom. The van der Waals surface area contributed by atoms with Crippen molar-refractivity contribution in [1.82, 2.24) is 4.90 Å². The predicted octanol–water partition coefficient (Wildman–Crippen LogP) is 2.97. The van der Waals surface area contributed by atoms with Gasteiger partial charge in [-0.15, -0.1) is 0 Å². The minimum atomic E-state index is 0.0321. The molecular weight excluding hydrogens is 270 g/mol. The van der Waals surface area contributed by atoms with Gasteiger partial charge >= 0.3 is 0 Å². The lowest BCUT2D eigenvalue weighted by atomic mass is 10.1. The van der Waals surface area contributed by atoms with E-state index in [0.29, 0.717) is 18.8 Å². The number of carbonyl (C=O) groups is 1. The highest BCUT2D eigenvalue weighted by Crippen LogP contribution is 2.36. The number of nitrogens with zero attached hydrogens (tertiary/aromatic N) is 2. The van der Waals surface area contributed by atoms with E-state index in [0.717, 1.165) is 21.2 Å². The van der Waals surface area contributed by atoms with Crippen LogP contribution in [0, 0.1) is 0 Å². The number of likely N-dealkylation sites (N-methyl/N-ethyl adjacent to an activating group) is 1. The summed E-state index contributed by atoms with van der Waals surface area (Å²) in [4.78, 5) is 19.3. The normalized spacial score (nSPS) is 19.9. The number of amides is 1. The van der Waals surface area contributed by atoms with Crippen LogP contribution in [0.25, 0.3) is 5.57 Å². The molecule has 1 aromatic rings. The van der Waals surface area contributed by atoms with Gasteiger partial charge in [0.1, 0.15) is 0 Å². The number of amidine groups is 1. The second-order valence-electron chi connectivity index (χ2n) is 4.49. The molecule has 1 aromatic carbocycles. The summed E-state index contributed by atoms with van der Waals surface area (Å²) in [6.07, 6.45) is 0. The monoisotopic (exact) mass is 289 g/mol. The highest BCUT2D eigenvalue weighted by atomic mass is 32.2. The van der Waals surface area contributed by atoms with Gasteiger partial charge in [-0.3, -0.25) is 14.7 Å². The molecule has 0 aliphatic carbocycles. The van der Waals surface area contributed by atoms with E-state index in [-0.39, 0.29) is 5.91 Å². The first-order valence-electron chi connectivity index (χ1n) is 6.69. The van der Waals surface area contributed by atoms with Gasteiger partial charge in [0.05, 0.1) is 4.91 Å². The lowest BCUT2D eigenvalue weighted by Gasteiger charge is -2.11. The Balaban J connectivity index is 2.44. The summed E-state index contributed by atoms with van der Waals surface area (Å²) in [5.74, 6) is 0.0321. The Labute approximate surface area is 123 Å². The number of hydrogen-bond acceptors (Lipinski definition) is 4. The van der Waals surface area contributed by atoms with E-state index in [1.54, 1.807) is 4.90 Å². The quantitative estimate of drug-likeness (QED) is 0.687. The van der Waals surface area contributed by atoms with E-state index in [4.69, 9.17) is 5.73 Å². The number of thioether (sulfide) groups is 1. The fraction of sp³-hybridized carbons (Fsp3) is 0.333. The second-order valence-corrected chi connectivity index (χ2v) is 5.47. The SMILES string of the molecule is CCN=C1S/C(=C(/C)c2cccc(N)c2)C(=O)N1CC. The van der Waals surface area contributed by atoms with Crippen LogP contribution in [0.15, 0.2) is 34.2 Å². The van der Waals surface area contributed by atoms with Gasteiger partial charge in [0.15, 0.2) is 5.17 Å². The van der Waals surface area contributed by atoms with Gasteiger partial charge in [-0.1, -0.05) is 12.1 Å². The average Bonchev–Trinajstić information content (AvgIpc) is 2.74. The fourth-order valence-corrected chi connectivity index (χ4v) is 3.24. The zero-order valence-electron chi connectivity index (χ0n) is 12.0. The summed E-state index contributed by atoms with van der Waals surface area (Å²) < 4.78 is 0. The van der Waals surface area contributed by atoms with Gasteiger partial charge in [-0.25, -0.2) is 0 Å². The van der Waals surface area contributed by atoms with E-state index in [9.17, 15) is 4.79 Å². The van der Waals surface area contributed by atoms with Crippen LogP contribution in [0.3, 0.4) is 0 Å². The first-order chi connectivity index (χ1) is 9.58. The number of anilines is 1. The van der Waals surface area contributed by atoms with Crippen molar-refractivity contribution in [3.05, 3.63) is 34.7 Å². The van der Waals surface area contributed by atoms with Crippen molar-refractivity contribution in [2.24, 2.45) is 4.99 Å². The van der Waals surface area contributed by atoms with E-state index < -0.39 is 0 Å². The lowest BCUT2D eigenvalue weighted by Crippen LogP contribution is -2.28. The summed E-state index contributed by atoms with van der Waals surface area (Å²) in [7, 11) is 0. The molecule has 0 bridgehead atoms. The predicted molar refractivity (Wildman–Crippen MR) is 86.4 cm³/mol. The highest BCUT2D eigenvalue weighted by Gasteiger charge is 2.33. The number of hydrogen-bond donors (Lipinski definition) is 1. The van der Waals surface area contributed by atoms with Gasteiger partial charge < -0.3 is 5.73 Å². The lowest BCUT2D eigenvalue weighted by molar-refractivity contribution is -0.122. The van der Waals surface area contributed by atoms with Gasteiger partial charge in [0, 0.05) is 18.8 Å². The number of nitrogens with two attached hydrogens (primary N) is 1. The third kappa shape index (κ3) is 2.72. The molecule has 1 fully saturated rings. The van der Waals surface area contributed by atoms with E-state index >= 15 is 0 Å². The molecule has 0 aromatic heterocycles. The number of nitrogen functional groups attached to an aromatic ring is 1. The maximum atomic E-state index is 12.5. The molecule has 2 rings (SSSR count). The number of rotatable bonds is 3. The van der Waals surface area contributed by atoms with Crippen molar-refractivity contribution in [2.75, 3.05) is 18.8 Å². The fourth-order valence-electron chi connectivity index (χ4n) is 2.07. The van der Waals surface area contributed by atoms with Crippen LogP contribution >= 0.6 is 11.8 Å². The first kappa shape index (κ1) is 14.7. The van der Waals surface area contributed by atoms with Crippen LogP contribution in [0.1, 0.15) is 26.3 Å². The molecule has 0 atom stereocenters. The molecule has 5 heteroatoms. The Kier molecular flexibility index (Phi) is 4.49. The third-order valence-corrected chi connectivity index (χ3v) is 4.35. The molecule has 20 heavy (non-hydrogen) atoms. The van der Waals surface area contributed by atoms with E-state index in [2.05, 4.69) is 4.99 Å². The number of benzene rings is 1. The van der Waals surface area contributed by atoms with Gasteiger partial charge in [-0.05, 0) is 55.8 Å². The molecule has 1 saturated heterocycles. The van der Waals surface area contributed by atoms with Gasteiger partial charge in [0.2, 0.25) is 0 Å². The van der Waals surface area contributed by atoms with Crippen molar-refractivity contribution < 1.29 is 4.79 Å². The van der Waals surface area contributed by atoms with Crippen LogP contribution in [0.4, 0.5) is 5.69 Å². The Hall–Kier alpha value is -1.75. The zero-order valence-corrected chi connectivity index (χ0v) is 12.8. The Bertz CT molecular complexity index is 593. The maximum Gasteiger partial charge on any atom is 0.266 e. The molecule has 0 spiro atoms. The smallest absolute Gasteiger partial charge is 0.266 e. The van der Waals surface area contributed by atoms with Gasteiger partial charge in [-0.2, -0.15) is 0 Å². The second kappa shape index (κ2) is 6.13. The molecule has 2 N–H and O–H groups in total. The highest BCUT2D eigenvalue weighted by molar-refractivity contribution is 8.18. The average molecular weight is 289 g/mol. The standard InChI is InChI=1S/C15H19N3OS/c1-4-17-15-18(5-2)14(19)13(20-15)10(3)11-7-6-8-12(16)9-11/h6-9H,4-5,16H2,1-3H3/b13-10-,17-15?. The maximum absolute atomic E-state index is 12.5. The number of allylic oxidation sites excluding steroid dienone is 1. The summed E-state index contributed by atoms with van der Waals surface area (Å²) >= 11 is 1.45. The molecule has 0 radical (unpaired) electrons. The summed E-state index contributed by atoms with van der Waals surface area (Å²) in [5, 5.41) is 0.790. The van der Waals surface area contributed by atoms with Crippen LogP contribution in [-0.2, 0) is 4.79 Å². The topological polar surface area (TPSA) is 58.7 Å². The summed E-state index contributed by atoms with van der Waals surface area (Å²) in [6, 6.07) is 7.60. The minimum Gasteiger partial charge on any atom is -0.399 e. The zero-order chi connectivity index (χ0) is 14.7. The van der Waals surface area contributed by atoms with Crippen LogP contribution in [-0.4, -0.2) is 29.1 Å². The van der Waals surface area contributed by atoms with E-state index in [1.807, 2.05) is 45.0 Å². The molecular formula is C15H19N3OS. The number of aliphatic imine (C=N–C) groups is 1. The summed E-state index contributed by atoms with van der Waals surface area (Å²) in [5.41, 5.74) is 8.44. The van der Waals surface area contributed by atoms with Crippen molar-refractivity contribution in [1.29, 1.82) is 0 Å². The largest absolute Gasteiger partial charge is 0.399 e. The van der Waals surface area contributed by atoms with Crippen LogP contribution < -0.4 is 5.73 Å². The summed E-state index contributed by atoms with van der Waals surface area (Å²) in [6.45, 7) is 7.20. The van der Waals surface area contributed by atoms with E-state index in [1.165, 1.54) is 11.8 Å². The number of carbonyl (C=O) groups excluding carboxylic acids is 1. The minimum absolute atomic E-state index is 0.0321. The van der Waals surface area contributed by atoms with Crippen molar-refractivity contribution in [2.45, 2.75) is 20.8 Å². The molecule has 1 heterocycles. The van der Waals surface area contributed by atoms with Crippen molar-refractivity contribution in [3.8, 4) is 0 Å². The Morgan fingerprint density at radius 2 is 2.15 bits per heavy atom. The van der Waals surface area contributed by atoms with Gasteiger partial charge in [0.25, 0.3) is 5.91 Å². The molecule has 1 aliphatic heterocycles.